The molecule has 35 heavy (non-hydrogen) atoms. The molecular formula is C31H63NO3. The summed E-state index contributed by atoms with van der Waals surface area (Å²) in [5.41, 5.74) is 0. The second kappa shape index (κ2) is 28.0. The first-order valence-corrected chi connectivity index (χ1v) is 15.7. The molecule has 0 fully saturated rings. The van der Waals surface area contributed by atoms with E-state index in [0.717, 1.165) is 25.7 Å². The molecule has 210 valence electrons. The SMILES string of the molecule is CCCCCCCCCCCCCCCCCCCCCCCC(O)C(CO)NC(=O)CCCC. The van der Waals surface area contributed by atoms with Gasteiger partial charge in [-0.25, -0.2) is 0 Å². The summed E-state index contributed by atoms with van der Waals surface area (Å²) in [6.45, 7) is 4.14. The fourth-order valence-corrected chi connectivity index (χ4v) is 4.87. The maximum atomic E-state index is 11.8. The number of hydrogen-bond donors (Lipinski definition) is 3. The van der Waals surface area contributed by atoms with E-state index in [-0.39, 0.29) is 12.5 Å². The summed E-state index contributed by atoms with van der Waals surface area (Å²) in [5, 5.41) is 22.5. The number of nitrogens with one attached hydrogen (secondary N) is 1. The van der Waals surface area contributed by atoms with Crippen molar-refractivity contribution in [3.63, 3.8) is 0 Å². The number of carbonyl (C=O) groups is 1. The van der Waals surface area contributed by atoms with Crippen LogP contribution in [0.25, 0.3) is 0 Å². The maximum Gasteiger partial charge on any atom is 0.220 e. The van der Waals surface area contributed by atoms with E-state index in [4.69, 9.17) is 0 Å². The molecule has 0 radical (unpaired) electrons. The van der Waals surface area contributed by atoms with Gasteiger partial charge in [0.2, 0.25) is 5.91 Å². The maximum absolute atomic E-state index is 11.8. The molecule has 0 aromatic rings. The third-order valence-corrected chi connectivity index (χ3v) is 7.37. The third-order valence-electron chi connectivity index (χ3n) is 7.37. The average Bonchev–Trinajstić information content (AvgIpc) is 2.86. The summed E-state index contributed by atoms with van der Waals surface area (Å²) in [4.78, 5) is 11.8. The van der Waals surface area contributed by atoms with E-state index in [1.165, 1.54) is 122 Å². The monoisotopic (exact) mass is 497 g/mol. The van der Waals surface area contributed by atoms with Crippen molar-refractivity contribution < 1.29 is 15.0 Å². The van der Waals surface area contributed by atoms with Crippen LogP contribution in [0, 0.1) is 0 Å². The summed E-state index contributed by atoms with van der Waals surface area (Å²) in [7, 11) is 0. The first-order valence-electron chi connectivity index (χ1n) is 15.7. The van der Waals surface area contributed by atoms with Crippen LogP contribution in [0.4, 0.5) is 0 Å². The smallest absolute Gasteiger partial charge is 0.220 e. The molecule has 2 unspecified atom stereocenters. The molecular weight excluding hydrogens is 434 g/mol. The van der Waals surface area contributed by atoms with E-state index in [0.29, 0.717) is 12.8 Å². The number of carbonyl (C=O) groups excluding carboxylic acids is 1. The highest BCUT2D eigenvalue weighted by molar-refractivity contribution is 5.76. The molecule has 0 bridgehead atoms. The number of aliphatic hydroxyl groups is 2. The Hall–Kier alpha value is -0.610. The average molecular weight is 498 g/mol. The van der Waals surface area contributed by atoms with Gasteiger partial charge in [-0.3, -0.25) is 4.79 Å². The summed E-state index contributed by atoms with van der Waals surface area (Å²) < 4.78 is 0. The summed E-state index contributed by atoms with van der Waals surface area (Å²) >= 11 is 0. The molecule has 0 saturated carbocycles. The Morgan fingerprint density at radius 2 is 0.914 bits per heavy atom. The zero-order chi connectivity index (χ0) is 25.8. The van der Waals surface area contributed by atoms with Gasteiger partial charge in [-0.2, -0.15) is 0 Å². The van der Waals surface area contributed by atoms with Crippen molar-refractivity contribution in [1.82, 2.24) is 5.32 Å². The molecule has 0 heterocycles. The van der Waals surface area contributed by atoms with Gasteiger partial charge in [-0.05, 0) is 12.8 Å². The van der Waals surface area contributed by atoms with Crippen molar-refractivity contribution in [2.24, 2.45) is 0 Å². The Balaban J connectivity index is 3.33. The summed E-state index contributed by atoms with van der Waals surface area (Å²) in [5.74, 6) is -0.0660. The first kappa shape index (κ1) is 34.4. The zero-order valence-corrected chi connectivity index (χ0v) is 23.8. The highest BCUT2D eigenvalue weighted by Crippen LogP contribution is 2.16. The molecule has 0 aliphatic heterocycles. The minimum absolute atomic E-state index is 0.0660. The van der Waals surface area contributed by atoms with Crippen LogP contribution < -0.4 is 5.32 Å². The number of unbranched alkanes of at least 4 members (excludes halogenated alkanes) is 21. The predicted octanol–water partition coefficient (Wildman–Crippen LogP) is 8.62. The van der Waals surface area contributed by atoms with Gasteiger partial charge in [0.25, 0.3) is 0 Å². The molecule has 0 aromatic heterocycles. The fourth-order valence-electron chi connectivity index (χ4n) is 4.87. The van der Waals surface area contributed by atoms with E-state index >= 15 is 0 Å². The van der Waals surface area contributed by atoms with Gasteiger partial charge in [-0.1, -0.05) is 155 Å². The molecule has 4 heteroatoms. The van der Waals surface area contributed by atoms with Crippen molar-refractivity contribution in [2.45, 2.75) is 187 Å². The van der Waals surface area contributed by atoms with Gasteiger partial charge in [0, 0.05) is 6.42 Å². The van der Waals surface area contributed by atoms with Crippen LogP contribution in [0.3, 0.4) is 0 Å². The van der Waals surface area contributed by atoms with Crippen LogP contribution in [0.5, 0.6) is 0 Å². The Kier molecular flexibility index (Phi) is 27.5. The molecule has 4 nitrogen and oxygen atoms in total. The van der Waals surface area contributed by atoms with E-state index < -0.39 is 12.1 Å². The van der Waals surface area contributed by atoms with Crippen LogP contribution in [0.15, 0.2) is 0 Å². The standard InChI is InChI=1S/C31H63NO3/c1-3-5-7-8-9-10-11-12-13-14-15-16-17-18-19-20-21-22-23-24-25-26-30(34)29(28-33)32-31(35)27-6-4-2/h29-30,33-34H,3-28H2,1-2H3,(H,32,35). The molecule has 0 aromatic carbocycles. The van der Waals surface area contributed by atoms with Gasteiger partial charge < -0.3 is 15.5 Å². The van der Waals surface area contributed by atoms with Crippen molar-refractivity contribution in [2.75, 3.05) is 6.61 Å². The molecule has 3 N–H and O–H groups in total. The molecule has 1 amide bonds. The molecule has 0 aliphatic carbocycles. The van der Waals surface area contributed by atoms with Gasteiger partial charge >= 0.3 is 0 Å². The lowest BCUT2D eigenvalue weighted by Crippen LogP contribution is -2.45. The van der Waals surface area contributed by atoms with Gasteiger partial charge in [0.05, 0.1) is 18.8 Å². The van der Waals surface area contributed by atoms with E-state index in [1.54, 1.807) is 0 Å². The second-order valence-corrected chi connectivity index (χ2v) is 10.9. The highest BCUT2D eigenvalue weighted by Gasteiger charge is 2.19. The number of aliphatic hydroxyl groups excluding tert-OH is 2. The minimum atomic E-state index is -0.647. The molecule has 0 aliphatic rings. The molecule has 2 atom stereocenters. The van der Waals surface area contributed by atoms with Crippen LogP contribution in [0.1, 0.15) is 174 Å². The Morgan fingerprint density at radius 3 is 1.26 bits per heavy atom. The second-order valence-electron chi connectivity index (χ2n) is 10.9. The first-order chi connectivity index (χ1) is 17.2. The lowest BCUT2D eigenvalue weighted by Gasteiger charge is -2.22. The van der Waals surface area contributed by atoms with Crippen LogP contribution in [0.2, 0.25) is 0 Å². The van der Waals surface area contributed by atoms with Crippen LogP contribution in [-0.4, -0.2) is 34.9 Å². The predicted molar refractivity (Wildman–Crippen MR) is 152 cm³/mol. The van der Waals surface area contributed by atoms with Crippen molar-refractivity contribution in [3.8, 4) is 0 Å². The molecule has 0 spiro atoms. The number of hydrogen-bond acceptors (Lipinski definition) is 3. The minimum Gasteiger partial charge on any atom is -0.394 e. The van der Waals surface area contributed by atoms with Crippen molar-refractivity contribution in [3.05, 3.63) is 0 Å². The number of amides is 1. The van der Waals surface area contributed by atoms with Gasteiger partial charge in [0.1, 0.15) is 0 Å². The Morgan fingerprint density at radius 1 is 0.571 bits per heavy atom. The fraction of sp³-hybridized carbons (Fsp3) is 0.968. The lowest BCUT2D eigenvalue weighted by atomic mass is 10.0. The van der Waals surface area contributed by atoms with Crippen LogP contribution in [-0.2, 0) is 4.79 Å². The molecule has 0 rings (SSSR count). The topological polar surface area (TPSA) is 69.6 Å². The summed E-state index contributed by atoms with van der Waals surface area (Å²) in [6, 6.07) is -0.524. The van der Waals surface area contributed by atoms with Gasteiger partial charge in [0.15, 0.2) is 0 Å². The Labute approximate surface area is 219 Å². The highest BCUT2D eigenvalue weighted by atomic mass is 16.3. The van der Waals surface area contributed by atoms with E-state index in [9.17, 15) is 15.0 Å². The number of rotatable bonds is 28. The lowest BCUT2D eigenvalue weighted by molar-refractivity contribution is -0.123. The van der Waals surface area contributed by atoms with Crippen molar-refractivity contribution in [1.29, 1.82) is 0 Å². The third kappa shape index (κ3) is 24.8. The normalized spacial score (nSPS) is 13.1. The largest absolute Gasteiger partial charge is 0.394 e. The van der Waals surface area contributed by atoms with Gasteiger partial charge in [-0.15, -0.1) is 0 Å². The quantitative estimate of drug-likeness (QED) is 0.0947. The zero-order valence-electron chi connectivity index (χ0n) is 23.8. The van der Waals surface area contributed by atoms with Crippen molar-refractivity contribution >= 4 is 5.91 Å². The van der Waals surface area contributed by atoms with E-state index in [2.05, 4.69) is 12.2 Å². The van der Waals surface area contributed by atoms with E-state index in [1.807, 2.05) is 6.92 Å². The summed E-state index contributed by atoms with van der Waals surface area (Å²) in [6.07, 6.45) is 31.0. The Bertz CT molecular complexity index is 429. The molecule has 0 saturated heterocycles. The van der Waals surface area contributed by atoms with Crippen LogP contribution >= 0.6 is 0 Å².